The molecule has 0 spiro atoms. The summed E-state index contributed by atoms with van der Waals surface area (Å²) in [4.78, 5) is 24.8. The molecule has 0 radical (unpaired) electrons. The van der Waals surface area contributed by atoms with Gasteiger partial charge in [-0.05, 0) is 35.2 Å². The summed E-state index contributed by atoms with van der Waals surface area (Å²) in [6.07, 6.45) is 0.0483. The van der Waals surface area contributed by atoms with Crippen LogP contribution in [0.15, 0.2) is 78.9 Å². The fourth-order valence-corrected chi connectivity index (χ4v) is 4.69. The Labute approximate surface area is 188 Å². The number of amides is 2. The Balaban J connectivity index is 1.65. The minimum Gasteiger partial charge on any atom is -0.504 e. The summed E-state index contributed by atoms with van der Waals surface area (Å²) >= 11 is 0. The first-order valence-corrected chi connectivity index (χ1v) is 11.3. The Morgan fingerprint density at radius 1 is 0.875 bits per heavy atom. The van der Waals surface area contributed by atoms with Gasteiger partial charge in [0.1, 0.15) is 5.75 Å². The maximum atomic E-state index is 13.1. The molecule has 0 saturated heterocycles. The SMILES string of the molecule is N[C@@H](Cc1ccc(O)c(O)c1)C(=O)NC(=O)CS(=O)C(c1ccccc1)c1ccccc1. The second-order valence-electron chi connectivity index (χ2n) is 7.27. The summed E-state index contributed by atoms with van der Waals surface area (Å²) in [5.41, 5.74) is 8.01. The Morgan fingerprint density at radius 3 is 1.97 bits per heavy atom. The van der Waals surface area contributed by atoms with Crippen molar-refractivity contribution in [2.75, 3.05) is 5.75 Å². The summed E-state index contributed by atoms with van der Waals surface area (Å²) in [6.45, 7) is 0. The van der Waals surface area contributed by atoms with Crippen molar-refractivity contribution in [3.05, 3.63) is 95.6 Å². The normalized spacial score (nSPS) is 12.8. The fourth-order valence-electron chi connectivity index (χ4n) is 3.27. The van der Waals surface area contributed by atoms with E-state index >= 15 is 0 Å². The standard InChI is InChI=1S/C24H24N2O5S/c25-19(13-16-11-12-20(27)21(28)14-16)24(30)26-22(29)15-32(31)23(17-7-3-1-4-8-17)18-9-5-2-6-10-18/h1-12,14,19,23,27-28H,13,15,25H2,(H,26,29,30)/t19-,32?/m0/s1. The molecule has 0 aliphatic carbocycles. The van der Waals surface area contributed by atoms with Gasteiger partial charge in [0.05, 0.1) is 11.3 Å². The Kier molecular flexibility index (Phi) is 7.75. The number of phenols is 2. The molecule has 2 atom stereocenters. The summed E-state index contributed by atoms with van der Waals surface area (Å²) in [5, 5.41) is 20.6. The maximum Gasteiger partial charge on any atom is 0.243 e. The van der Waals surface area contributed by atoms with Crippen LogP contribution >= 0.6 is 0 Å². The lowest BCUT2D eigenvalue weighted by molar-refractivity contribution is -0.129. The van der Waals surface area contributed by atoms with E-state index in [1.807, 2.05) is 60.7 Å². The van der Waals surface area contributed by atoms with E-state index in [4.69, 9.17) is 5.73 Å². The molecule has 0 fully saturated rings. The predicted octanol–water partition coefficient (Wildman–Crippen LogP) is 2.15. The van der Waals surface area contributed by atoms with Gasteiger partial charge in [-0.1, -0.05) is 66.7 Å². The van der Waals surface area contributed by atoms with E-state index in [0.717, 1.165) is 11.1 Å². The van der Waals surface area contributed by atoms with Crippen LogP contribution in [0.3, 0.4) is 0 Å². The second-order valence-corrected chi connectivity index (χ2v) is 8.79. The van der Waals surface area contributed by atoms with E-state index in [0.29, 0.717) is 5.56 Å². The minimum atomic E-state index is -1.63. The third-order valence-corrected chi connectivity index (χ3v) is 6.45. The van der Waals surface area contributed by atoms with Crippen molar-refractivity contribution in [1.82, 2.24) is 5.32 Å². The quantitative estimate of drug-likeness (QED) is 0.388. The summed E-state index contributed by atoms with van der Waals surface area (Å²) in [5.74, 6) is -2.37. The molecule has 1 unspecified atom stereocenters. The average molecular weight is 453 g/mol. The molecule has 0 bridgehead atoms. The molecule has 8 heteroatoms. The number of phenolic OH excluding ortho intramolecular Hbond substituents is 2. The molecule has 0 saturated carbocycles. The van der Waals surface area contributed by atoms with Gasteiger partial charge >= 0.3 is 0 Å². The number of hydrogen-bond donors (Lipinski definition) is 4. The highest BCUT2D eigenvalue weighted by molar-refractivity contribution is 7.86. The van der Waals surface area contributed by atoms with E-state index < -0.39 is 33.9 Å². The molecule has 32 heavy (non-hydrogen) atoms. The first kappa shape index (κ1) is 23.2. The number of carbonyl (C=O) groups excluding carboxylic acids is 2. The Hall–Kier alpha value is -3.49. The number of nitrogens with two attached hydrogens (primary N) is 1. The predicted molar refractivity (Wildman–Crippen MR) is 122 cm³/mol. The molecule has 5 N–H and O–H groups in total. The van der Waals surface area contributed by atoms with Crippen LogP contribution in [0.25, 0.3) is 0 Å². The van der Waals surface area contributed by atoms with E-state index in [-0.39, 0.29) is 23.7 Å². The highest BCUT2D eigenvalue weighted by atomic mass is 32.2. The fraction of sp³-hybridized carbons (Fsp3) is 0.167. The van der Waals surface area contributed by atoms with Gasteiger partial charge in [0.15, 0.2) is 11.5 Å². The molecular weight excluding hydrogens is 428 g/mol. The van der Waals surface area contributed by atoms with Crippen LogP contribution in [-0.2, 0) is 26.8 Å². The van der Waals surface area contributed by atoms with Crippen LogP contribution in [-0.4, -0.2) is 38.0 Å². The van der Waals surface area contributed by atoms with Crippen molar-refractivity contribution in [2.24, 2.45) is 5.73 Å². The summed E-state index contributed by atoms with van der Waals surface area (Å²) in [6, 6.07) is 21.5. The number of imide groups is 1. The van der Waals surface area contributed by atoms with E-state index in [2.05, 4.69) is 5.32 Å². The molecule has 0 heterocycles. The zero-order valence-corrected chi connectivity index (χ0v) is 18.0. The first-order chi connectivity index (χ1) is 15.3. The molecule has 0 aliphatic rings. The van der Waals surface area contributed by atoms with E-state index in [1.165, 1.54) is 18.2 Å². The third kappa shape index (κ3) is 6.03. The largest absolute Gasteiger partial charge is 0.504 e. The van der Waals surface area contributed by atoms with E-state index in [1.54, 1.807) is 0 Å². The Bertz CT molecular complexity index is 1070. The van der Waals surface area contributed by atoms with Crippen molar-refractivity contribution >= 4 is 22.6 Å². The van der Waals surface area contributed by atoms with Crippen LogP contribution < -0.4 is 11.1 Å². The van der Waals surface area contributed by atoms with Crippen molar-refractivity contribution in [2.45, 2.75) is 17.7 Å². The average Bonchev–Trinajstić information content (AvgIpc) is 2.77. The number of benzene rings is 3. The highest BCUT2D eigenvalue weighted by Crippen LogP contribution is 2.28. The van der Waals surface area contributed by atoms with Crippen LogP contribution in [0.1, 0.15) is 21.9 Å². The van der Waals surface area contributed by atoms with Crippen LogP contribution in [0.2, 0.25) is 0 Å². The van der Waals surface area contributed by atoms with Gasteiger partial charge in [-0.15, -0.1) is 0 Å². The molecule has 3 rings (SSSR count). The molecule has 7 nitrogen and oxygen atoms in total. The summed E-state index contributed by atoms with van der Waals surface area (Å²) in [7, 11) is -1.63. The number of carbonyl (C=O) groups is 2. The highest BCUT2D eigenvalue weighted by Gasteiger charge is 2.25. The number of rotatable bonds is 8. The van der Waals surface area contributed by atoms with Crippen LogP contribution in [0.4, 0.5) is 0 Å². The van der Waals surface area contributed by atoms with Crippen molar-refractivity contribution in [3.63, 3.8) is 0 Å². The smallest absolute Gasteiger partial charge is 0.243 e. The number of nitrogens with one attached hydrogen (secondary N) is 1. The molecule has 3 aromatic rings. The van der Waals surface area contributed by atoms with E-state index in [9.17, 15) is 24.0 Å². The number of aromatic hydroxyl groups is 2. The summed E-state index contributed by atoms with van der Waals surface area (Å²) < 4.78 is 13.1. The van der Waals surface area contributed by atoms with Crippen LogP contribution in [0.5, 0.6) is 11.5 Å². The monoisotopic (exact) mass is 452 g/mol. The van der Waals surface area contributed by atoms with Gasteiger partial charge in [0.2, 0.25) is 11.8 Å². The lowest BCUT2D eigenvalue weighted by Gasteiger charge is -2.18. The zero-order valence-electron chi connectivity index (χ0n) is 17.2. The zero-order chi connectivity index (χ0) is 23.1. The maximum absolute atomic E-state index is 13.1. The molecule has 0 aliphatic heterocycles. The Morgan fingerprint density at radius 2 is 1.44 bits per heavy atom. The van der Waals surface area contributed by atoms with Gasteiger partial charge < -0.3 is 15.9 Å². The molecule has 166 valence electrons. The molecule has 2 amide bonds. The van der Waals surface area contributed by atoms with Crippen molar-refractivity contribution in [1.29, 1.82) is 0 Å². The molecular formula is C24H24N2O5S. The lowest BCUT2D eigenvalue weighted by Crippen LogP contribution is -2.46. The van der Waals surface area contributed by atoms with Gasteiger partial charge in [0.25, 0.3) is 0 Å². The molecule has 0 aromatic heterocycles. The second kappa shape index (κ2) is 10.7. The van der Waals surface area contributed by atoms with Gasteiger partial charge in [-0.2, -0.15) is 0 Å². The van der Waals surface area contributed by atoms with Gasteiger partial charge in [0, 0.05) is 10.8 Å². The van der Waals surface area contributed by atoms with Crippen molar-refractivity contribution < 1.29 is 24.0 Å². The van der Waals surface area contributed by atoms with Gasteiger partial charge in [-0.3, -0.25) is 19.1 Å². The lowest BCUT2D eigenvalue weighted by atomic mass is 10.0. The number of hydrogen-bond acceptors (Lipinski definition) is 6. The van der Waals surface area contributed by atoms with Crippen molar-refractivity contribution in [3.8, 4) is 11.5 Å². The topological polar surface area (TPSA) is 130 Å². The molecule has 3 aromatic carbocycles. The minimum absolute atomic E-state index is 0.0483. The van der Waals surface area contributed by atoms with Gasteiger partial charge in [-0.25, -0.2) is 0 Å². The van der Waals surface area contributed by atoms with Crippen LogP contribution in [0, 0.1) is 0 Å². The third-order valence-electron chi connectivity index (χ3n) is 4.84. The first-order valence-electron chi connectivity index (χ1n) is 9.92.